The first-order chi connectivity index (χ1) is 9.54. The molecule has 118 valence electrons. The molecule has 2 nitrogen and oxygen atoms in total. The highest BCUT2D eigenvalue weighted by Gasteiger charge is 2.46. The maximum atomic E-state index is 11.2. The zero-order chi connectivity index (χ0) is 15.9. The van der Waals surface area contributed by atoms with E-state index in [4.69, 9.17) is 16.3 Å². The topological polar surface area (TPSA) is 29.5 Å². The van der Waals surface area contributed by atoms with Crippen LogP contribution in [-0.2, 0) is 6.42 Å². The SMILES string of the molecule is COc1ccc(Cl)cc1CC1(O)CC(C)(C)CC(C)(C)C1. The van der Waals surface area contributed by atoms with Crippen LogP contribution >= 0.6 is 11.6 Å². The number of hydrogen-bond donors (Lipinski definition) is 1. The molecular weight excluding hydrogens is 284 g/mol. The molecule has 2 rings (SSSR count). The summed E-state index contributed by atoms with van der Waals surface area (Å²) in [6.45, 7) is 8.98. The van der Waals surface area contributed by atoms with Crippen LogP contribution in [0.4, 0.5) is 0 Å². The number of halogens is 1. The Bertz CT molecular complexity index is 504. The Hall–Kier alpha value is -0.730. The van der Waals surface area contributed by atoms with Gasteiger partial charge in [-0.25, -0.2) is 0 Å². The van der Waals surface area contributed by atoms with E-state index in [-0.39, 0.29) is 10.8 Å². The van der Waals surface area contributed by atoms with Gasteiger partial charge in [0.25, 0.3) is 0 Å². The number of rotatable bonds is 3. The second-order valence-corrected chi connectivity index (χ2v) is 8.65. The molecule has 0 spiro atoms. The summed E-state index contributed by atoms with van der Waals surface area (Å²) in [6.07, 6.45) is 3.33. The van der Waals surface area contributed by atoms with Crippen molar-refractivity contribution in [1.82, 2.24) is 0 Å². The average molecular weight is 311 g/mol. The minimum atomic E-state index is -0.705. The predicted octanol–water partition coefficient (Wildman–Crippen LogP) is 4.86. The molecule has 0 aliphatic heterocycles. The molecule has 1 fully saturated rings. The van der Waals surface area contributed by atoms with Gasteiger partial charge in [0, 0.05) is 11.4 Å². The van der Waals surface area contributed by atoms with E-state index in [1.807, 2.05) is 18.2 Å². The van der Waals surface area contributed by atoms with Gasteiger partial charge >= 0.3 is 0 Å². The summed E-state index contributed by atoms with van der Waals surface area (Å²) in [6, 6.07) is 5.61. The van der Waals surface area contributed by atoms with Gasteiger partial charge in [-0.05, 0) is 53.9 Å². The summed E-state index contributed by atoms with van der Waals surface area (Å²) < 4.78 is 5.42. The smallest absolute Gasteiger partial charge is 0.122 e. The van der Waals surface area contributed by atoms with E-state index in [0.717, 1.165) is 30.6 Å². The normalized spacial score (nSPS) is 22.8. The van der Waals surface area contributed by atoms with Crippen LogP contribution < -0.4 is 4.74 Å². The van der Waals surface area contributed by atoms with E-state index in [2.05, 4.69) is 27.7 Å². The zero-order valence-corrected chi connectivity index (χ0v) is 14.5. The van der Waals surface area contributed by atoms with Gasteiger partial charge < -0.3 is 9.84 Å². The van der Waals surface area contributed by atoms with E-state index < -0.39 is 5.60 Å². The second-order valence-electron chi connectivity index (χ2n) is 8.22. The Morgan fingerprint density at radius 1 is 1.10 bits per heavy atom. The molecule has 0 unspecified atom stereocenters. The van der Waals surface area contributed by atoms with Crippen molar-refractivity contribution >= 4 is 11.6 Å². The highest BCUT2D eigenvalue weighted by atomic mass is 35.5. The molecule has 0 amide bonds. The molecule has 0 heterocycles. The minimum Gasteiger partial charge on any atom is -0.496 e. The molecule has 1 aromatic rings. The summed E-state index contributed by atoms with van der Waals surface area (Å²) in [5, 5.41) is 11.9. The van der Waals surface area contributed by atoms with Crippen LogP contribution in [0.2, 0.25) is 5.02 Å². The third-order valence-corrected chi connectivity index (χ3v) is 4.57. The Morgan fingerprint density at radius 2 is 1.67 bits per heavy atom. The average Bonchev–Trinajstić information content (AvgIpc) is 2.23. The first-order valence-electron chi connectivity index (χ1n) is 7.59. The lowest BCUT2D eigenvalue weighted by molar-refractivity contribution is -0.0853. The van der Waals surface area contributed by atoms with Gasteiger partial charge in [-0.1, -0.05) is 39.3 Å². The third-order valence-electron chi connectivity index (χ3n) is 4.33. The number of methoxy groups -OCH3 is 1. The van der Waals surface area contributed by atoms with Crippen molar-refractivity contribution in [3.8, 4) is 5.75 Å². The molecule has 1 aromatic carbocycles. The molecule has 0 atom stereocenters. The fourth-order valence-electron chi connectivity index (χ4n) is 4.63. The number of aliphatic hydroxyl groups is 1. The molecular formula is C18H27ClO2. The van der Waals surface area contributed by atoms with Crippen molar-refractivity contribution in [2.24, 2.45) is 10.8 Å². The molecule has 0 bridgehead atoms. The van der Waals surface area contributed by atoms with E-state index in [0.29, 0.717) is 11.4 Å². The molecule has 0 saturated heterocycles. The molecule has 1 saturated carbocycles. The van der Waals surface area contributed by atoms with Crippen molar-refractivity contribution in [1.29, 1.82) is 0 Å². The fraction of sp³-hybridized carbons (Fsp3) is 0.667. The molecule has 0 radical (unpaired) electrons. The molecule has 0 aromatic heterocycles. The highest BCUT2D eigenvalue weighted by Crippen LogP contribution is 2.51. The predicted molar refractivity (Wildman–Crippen MR) is 88.1 cm³/mol. The van der Waals surface area contributed by atoms with Crippen LogP contribution in [0.25, 0.3) is 0 Å². The Kier molecular flexibility index (Phi) is 4.34. The van der Waals surface area contributed by atoms with Crippen molar-refractivity contribution in [2.45, 2.75) is 59.0 Å². The van der Waals surface area contributed by atoms with Crippen molar-refractivity contribution < 1.29 is 9.84 Å². The standard InChI is InChI=1S/C18H27ClO2/c1-16(2)10-17(3,4)12-18(20,11-16)9-13-8-14(19)6-7-15(13)21-5/h6-8,20H,9-12H2,1-5H3. The minimum absolute atomic E-state index is 0.141. The van der Waals surface area contributed by atoms with Crippen molar-refractivity contribution in [3.63, 3.8) is 0 Å². The molecule has 3 heteroatoms. The molecule has 1 aliphatic carbocycles. The second kappa shape index (κ2) is 5.48. The summed E-state index contributed by atoms with van der Waals surface area (Å²) in [5.74, 6) is 0.800. The quantitative estimate of drug-likeness (QED) is 0.864. The van der Waals surface area contributed by atoms with E-state index in [1.54, 1.807) is 7.11 Å². The lowest BCUT2D eigenvalue weighted by Crippen LogP contribution is -2.47. The Labute approximate surface area is 133 Å². The fourth-order valence-corrected chi connectivity index (χ4v) is 4.82. The number of hydrogen-bond acceptors (Lipinski definition) is 2. The highest BCUT2D eigenvalue weighted by molar-refractivity contribution is 6.30. The van der Waals surface area contributed by atoms with Gasteiger partial charge in [0.05, 0.1) is 12.7 Å². The van der Waals surface area contributed by atoms with Crippen molar-refractivity contribution in [2.75, 3.05) is 7.11 Å². The van der Waals surface area contributed by atoms with Gasteiger partial charge in [0.15, 0.2) is 0 Å². The summed E-state index contributed by atoms with van der Waals surface area (Å²) >= 11 is 6.11. The molecule has 21 heavy (non-hydrogen) atoms. The number of ether oxygens (including phenoxy) is 1. The van der Waals surface area contributed by atoms with Crippen LogP contribution in [0.5, 0.6) is 5.75 Å². The summed E-state index contributed by atoms with van der Waals surface area (Å²) in [4.78, 5) is 0. The van der Waals surface area contributed by atoms with Crippen LogP contribution in [0.3, 0.4) is 0 Å². The van der Waals surface area contributed by atoms with Crippen molar-refractivity contribution in [3.05, 3.63) is 28.8 Å². The van der Waals surface area contributed by atoms with E-state index >= 15 is 0 Å². The van der Waals surface area contributed by atoms with Gasteiger partial charge in [-0.15, -0.1) is 0 Å². The van der Waals surface area contributed by atoms with Crippen LogP contribution in [0.1, 0.15) is 52.5 Å². The van der Waals surface area contributed by atoms with E-state index in [9.17, 15) is 5.11 Å². The lowest BCUT2D eigenvalue weighted by Gasteiger charge is -2.49. The van der Waals surface area contributed by atoms with Crippen LogP contribution in [0, 0.1) is 10.8 Å². The van der Waals surface area contributed by atoms with E-state index in [1.165, 1.54) is 0 Å². The summed E-state index contributed by atoms with van der Waals surface area (Å²) in [7, 11) is 1.66. The summed E-state index contributed by atoms with van der Waals surface area (Å²) in [5.41, 5.74) is 0.564. The maximum absolute atomic E-state index is 11.2. The van der Waals surface area contributed by atoms with Gasteiger partial charge in [0.1, 0.15) is 5.75 Å². The molecule has 1 N–H and O–H groups in total. The monoisotopic (exact) mass is 310 g/mol. The maximum Gasteiger partial charge on any atom is 0.122 e. The van der Waals surface area contributed by atoms with Crippen LogP contribution in [-0.4, -0.2) is 17.8 Å². The number of benzene rings is 1. The zero-order valence-electron chi connectivity index (χ0n) is 13.8. The third kappa shape index (κ3) is 4.14. The largest absolute Gasteiger partial charge is 0.496 e. The molecule has 1 aliphatic rings. The van der Waals surface area contributed by atoms with Gasteiger partial charge in [-0.2, -0.15) is 0 Å². The Morgan fingerprint density at radius 3 is 2.19 bits per heavy atom. The van der Waals surface area contributed by atoms with Gasteiger partial charge in [-0.3, -0.25) is 0 Å². The Balaban J connectivity index is 2.31. The first-order valence-corrected chi connectivity index (χ1v) is 7.97. The van der Waals surface area contributed by atoms with Crippen LogP contribution in [0.15, 0.2) is 18.2 Å². The first kappa shape index (κ1) is 16.6. The van der Waals surface area contributed by atoms with Gasteiger partial charge in [0.2, 0.25) is 0 Å². The lowest BCUT2D eigenvalue weighted by atomic mass is 9.58.